The van der Waals surface area contributed by atoms with Crippen molar-refractivity contribution in [3.05, 3.63) is 89.4 Å². The lowest BCUT2D eigenvalue weighted by Crippen LogP contribution is -2.63. The van der Waals surface area contributed by atoms with E-state index in [1.807, 2.05) is 18.2 Å². The van der Waals surface area contributed by atoms with E-state index in [4.69, 9.17) is 11.1 Å². The van der Waals surface area contributed by atoms with E-state index in [0.29, 0.717) is 0 Å². The van der Waals surface area contributed by atoms with Gasteiger partial charge >= 0.3 is 0 Å². The molecule has 0 heterocycles. The molecule has 0 amide bonds. The lowest BCUT2D eigenvalue weighted by Gasteiger charge is -2.27. The fourth-order valence-electron chi connectivity index (χ4n) is 2.55. The molecule has 0 bridgehead atoms. The van der Waals surface area contributed by atoms with Gasteiger partial charge in [-0.2, -0.15) is 0 Å². The second kappa shape index (κ2) is 6.18. The fraction of sp³-hybridized carbons (Fsp3) is 0. The van der Waals surface area contributed by atoms with Crippen molar-refractivity contribution in [2.24, 2.45) is 0 Å². The van der Waals surface area contributed by atoms with Crippen molar-refractivity contribution < 1.29 is 0 Å². The summed E-state index contributed by atoms with van der Waals surface area (Å²) >= 11 is 11.0. The van der Waals surface area contributed by atoms with Crippen molar-refractivity contribution in [2.75, 3.05) is 0 Å². The largest absolute Gasteiger partial charge is 0.249 e. The molecule has 0 aromatic heterocycles. The summed E-state index contributed by atoms with van der Waals surface area (Å²) in [6.07, 6.45) is 0. The van der Waals surface area contributed by atoms with Gasteiger partial charge in [0, 0.05) is 4.47 Å². The van der Waals surface area contributed by atoms with Crippen LogP contribution in [0.3, 0.4) is 0 Å². The number of hydrogen-bond acceptors (Lipinski definition) is 0. The average molecular weight is 374 g/mol. The zero-order valence-corrected chi connectivity index (χ0v) is 14.7. The van der Waals surface area contributed by atoms with Gasteiger partial charge in [-0.1, -0.05) is 94.8 Å². The van der Waals surface area contributed by atoms with E-state index in [-0.39, 0.29) is 0 Å². The molecule has 3 rings (SSSR count). The van der Waals surface area contributed by atoms with E-state index in [0.717, 1.165) is 4.47 Å². The Bertz CT molecular complexity index is 689. The predicted molar refractivity (Wildman–Crippen MR) is 97.5 cm³/mol. The summed E-state index contributed by atoms with van der Waals surface area (Å²) in [5.41, 5.74) is 0. The monoisotopic (exact) mass is 372 g/mol. The van der Waals surface area contributed by atoms with Gasteiger partial charge in [0.2, 0.25) is 7.38 Å². The third-order valence-electron chi connectivity index (χ3n) is 3.59. The smallest absolute Gasteiger partial charge is 0.149 e. The molecule has 0 spiro atoms. The van der Waals surface area contributed by atoms with E-state index >= 15 is 0 Å². The van der Waals surface area contributed by atoms with Crippen molar-refractivity contribution in [1.82, 2.24) is 0 Å². The van der Waals surface area contributed by atoms with Crippen LogP contribution in [0.4, 0.5) is 0 Å². The molecule has 0 fully saturated rings. The molecule has 0 radical (unpaired) electrons. The van der Waals surface area contributed by atoms with Crippen molar-refractivity contribution in [1.29, 1.82) is 0 Å². The molecule has 0 aliphatic carbocycles. The van der Waals surface area contributed by atoms with Crippen molar-refractivity contribution in [3.63, 3.8) is 0 Å². The molecular weight excluding hydrogens is 360 g/mol. The van der Waals surface area contributed by atoms with Crippen molar-refractivity contribution >= 4 is 50.0 Å². The maximum Gasteiger partial charge on any atom is 0.249 e. The maximum atomic E-state index is 7.33. The Balaban J connectivity index is 2.29. The Morgan fingerprint density at radius 3 is 1.52 bits per heavy atom. The van der Waals surface area contributed by atoms with Crippen LogP contribution in [0.2, 0.25) is 0 Å². The average Bonchev–Trinajstić information content (AvgIpc) is 2.56. The molecule has 21 heavy (non-hydrogen) atoms. The molecule has 0 nitrogen and oxygen atoms in total. The van der Waals surface area contributed by atoms with Gasteiger partial charge in [0.15, 0.2) is 0 Å². The van der Waals surface area contributed by atoms with Crippen LogP contribution in [0.1, 0.15) is 0 Å². The molecule has 0 aliphatic rings. The third-order valence-corrected chi connectivity index (χ3v) is 10.0. The molecule has 0 saturated heterocycles. The number of rotatable bonds is 3. The van der Waals surface area contributed by atoms with Crippen LogP contribution in [0.5, 0.6) is 0 Å². The van der Waals surface area contributed by atoms with Crippen LogP contribution in [0, 0.1) is 0 Å². The van der Waals surface area contributed by atoms with E-state index in [2.05, 4.69) is 82.7 Å². The highest BCUT2D eigenvalue weighted by Gasteiger charge is 2.38. The second-order valence-electron chi connectivity index (χ2n) is 4.87. The van der Waals surface area contributed by atoms with Gasteiger partial charge in [-0.05, 0) is 21.6 Å². The number of hydrogen-bond donors (Lipinski definition) is 0. The van der Waals surface area contributed by atoms with Gasteiger partial charge < -0.3 is 0 Å². The van der Waals surface area contributed by atoms with Gasteiger partial charge in [-0.3, -0.25) is 0 Å². The summed E-state index contributed by atoms with van der Waals surface area (Å²) in [4.78, 5) is 0. The molecule has 0 unspecified atom stereocenters. The predicted octanol–water partition coefficient (Wildman–Crippen LogP) is 3.65. The summed E-state index contributed by atoms with van der Waals surface area (Å²) in [5.74, 6) is 0. The molecule has 3 aromatic rings. The zero-order valence-electron chi connectivity index (χ0n) is 11.3. The summed E-state index contributed by atoms with van der Waals surface area (Å²) in [7, 11) is -2.50. The van der Waals surface area contributed by atoms with E-state index in [1.54, 1.807) is 0 Å². The fourth-order valence-corrected chi connectivity index (χ4v) is 8.32. The van der Waals surface area contributed by atoms with E-state index in [9.17, 15) is 0 Å². The minimum atomic E-state index is -2.50. The lowest BCUT2D eigenvalue weighted by atomic mass is 10.3. The number of benzene rings is 3. The summed E-state index contributed by atoms with van der Waals surface area (Å²) in [5, 5.41) is 3.58. The van der Waals surface area contributed by atoms with Crippen LogP contribution < -0.4 is 15.6 Å². The highest BCUT2D eigenvalue weighted by molar-refractivity contribution is 9.10. The molecule has 0 saturated carbocycles. The Hall–Kier alpha value is -1.35. The lowest BCUT2D eigenvalue weighted by molar-refractivity contribution is 1.67. The summed E-state index contributed by atoms with van der Waals surface area (Å²) in [6.45, 7) is 0. The molecule has 104 valence electrons. The van der Waals surface area contributed by atoms with Gasteiger partial charge in [-0.25, -0.2) is 0 Å². The first-order valence-electron chi connectivity index (χ1n) is 6.78. The quantitative estimate of drug-likeness (QED) is 0.373. The molecule has 0 atom stereocenters. The minimum absolute atomic E-state index is 1.07. The first-order valence-corrected chi connectivity index (χ1v) is 10.6. The van der Waals surface area contributed by atoms with Gasteiger partial charge in [-0.15, -0.1) is 11.1 Å². The van der Waals surface area contributed by atoms with Crippen molar-refractivity contribution in [2.45, 2.75) is 0 Å². The van der Waals surface area contributed by atoms with Crippen LogP contribution in [0.15, 0.2) is 89.4 Å². The zero-order chi connectivity index (χ0) is 14.7. The molecule has 0 N–H and O–H groups in total. The highest BCUT2D eigenvalue weighted by Crippen LogP contribution is 2.17. The van der Waals surface area contributed by atoms with Crippen LogP contribution in [-0.4, -0.2) is 7.38 Å². The van der Waals surface area contributed by atoms with Crippen LogP contribution >= 0.6 is 27.0 Å². The van der Waals surface area contributed by atoms with Gasteiger partial charge in [0.25, 0.3) is 0 Å². The normalized spacial score (nSPS) is 11.3. The van der Waals surface area contributed by atoms with E-state index in [1.165, 1.54) is 15.6 Å². The molecular formula is C18H14BrClSi. The highest BCUT2D eigenvalue weighted by atomic mass is 79.9. The first kappa shape index (κ1) is 14.6. The van der Waals surface area contributed by atoms with Crippen LogP contribution in [-0.2, 0) is 0 Å². The minimum Gasteiger partial charge on any atom is -0.149 e. The molecule has 3 heteroatoms. The Labute approximate surface area is 139 Å². The standard InChI is InChI=1S/C18H14BrClSi/c19-17-13-7-8-14-18(17)21(20,15-9-3-1-4-10-15)16-11-5-2-6-12-16/h1-14H. The van der Waals surface area contributed by atoms with E-state index < -0.39 is 7.38 Å². The summed E-state index contributed by atoms with van der Waals surface area (Å²) in [6, 6.07) is 29.1. The molecule has 3 aromatic carbocycles. The second-order valence-corrected chi connectivity index (χ2v) is 10.4. The maximum absolute atomic E-state index is 7.33. The van der Waals surface area contributed by atoms with Gasteiger partial charge in [0.1, 0.15) is 0 Å². The topological polar surface area (TPSA) is 0 Å². The van der Waals surface area contributed by atoms with Crippen molar-refractivity contribution in [3.8, 4) is 0 Å². The Morgan fingerprint density at radius 1 is 0.619 bits per heavy atom. The third kappa shape index (κ3) is 2.71. The van der Waals surface area contributed by atoms with Crippen LogP contribution in [0.25, 0.3) is 0 Å². The number of halogens is 2. The first-order chi connectivity index (χ1) is 10.2. The van der Waals surface area contributed by atoms with Gasteiger partial charge in [0.05, 0.1) is 0 Å². The Morgan fingerprint density at radius 2 is 1.05 bits per heavy atom. The summed E-state index contributed by atoms with van der Waals surface area (Å²) < 4.78 is 1.07. The molecule has 0 aliphatic heterocycles. The SMILES string of the molecule is Cl[Si](c1ccccc1)(c1ccccc1)c1ccccc1Br. The Kier molecular flexibility index (Phi) is 4.29.